The number of rotatable bonds is 4. The van der Waals surface area contributed by atoms with Gasteiger partial charge in [0.2, 0.25) is 0 Å². The highest BCUT2D eigenvalue weighted by atomic mass is 16.5. The normalized spacial score (nSPS) is 13.6. The standard InChI is InChI=1S/C25H23NO3/c1-16-8-10-17(11-9-16)25(2,3)18-12-14-19(15-13-18)29-21-7-5-6-20-22(21)24(28)26(4)23(20)27/h5-15H,1-4H3. The summed E-state index contributed by atoms with van der Waals surface area (Å²) >= 11 is 0. The van der Waals surface area contributed by atoms with Crippen LogP contribution < -0.4 is 4.74 Å². The van der Waals surface area contributed by atoms with Gasteiger partial charge in [-0.3, -0.25) is 14.5 Å². The first-order chi connectivity index (χ1) is 13.8. The Bertz CT molecular complexity index is 1100. The molecule has 0 radical (unpaired) electrons. The van der Waals surface area contributed by atoms with E-state index in [0.29, 0.717) is 22.6 Å². The van der Waals surface area contributed by atoms with Gasteiger partial charge in [-0.15, -0.1) is 0 Å². The summed E-state index contributed by atoms with van der Waals surface area (Å²) < 4.78 is 5.98. The van der Waals surface area contributed by atoms with Crippen molar-refractivity contribution in [2.75, 3.05) is 7.05 Å². The fourth-order valence-corrected chi connectivity index (χ4v) is 3.66. The lowest BCUT2D eigenvalue weighted by Gasteiger charge is -2.26. The van der Waals surface area contributed by atoms with Crippen molar-refractivity contribution in [2.24, 2.45) is 0 Å². The molecule has 1 aliphatic rings. The molecule has 0 spiro atoms. The zero-order valence-electron chi connectivity index (χ0n) is 17.0. The highest BCUT2D eigenvalue weighted by Gasteiger charge is 2.35. The van der Waals surface area contributed by atoms with Gasteiger partial charge in [0, 0.05) is 12.5 Å². The predicted octanol–water partition coefficient (Wildman–Crippen LogP) is 5.34. The quantitative estimate of drug-likeness (QED) is 0.570. The molecule has 1 aliphatic heterocycles. The third-order valence-electron chi connectivity index (χ3n) is 5.66. The topological polar surface area (TPSA) is 46.6 Å². The Balaban J connectivity index is 1.61. The van der Waals surface area contributed by atoms with Gasteiger partial charge in [-0.05, 0) is 42.3 Å². The molecule has 2 amide bonds. The van der Waals surface area contributed by atoms with Crippen molar-refractivity contribution in [3.63, 3.8) is 0 Å². The maximum atomic E-state index is 12.4. The maximum Gasteiger partial charge on any atom is 0.265 e. The van der Waals surface area contributed by atoms with Crippen molar-refractivity contribution in [3.8, 4) is 11.5 Å². The summed E-state index contributed by atoms with van der Waals surface area (Å²) in [6.45, 7) is 6.47. The van der Waals surface area contributed by atoms with Crippen molar-refractivity contribution >= 4 is 11.8 Å². The summed E-state index contributed by atoms with van der Waals surface area (Å²) in [5.41, 5.74) is 4.20. The highest BCUT2D eigenvalue weighted by Crippen LogP contribution is 2.35. The summed E-state index contributed by atoms with van der Waals surface area (Å²) in [5, 5.41) is 0. The molecule has 0 atom stereocenters. The van der Waals surface area contributed by atoms with Crippen LogP contribution in [0.5, 0.6) is 11.5 Å². The number of carbonyl (C=O) groups excluding carboxylic acids is 2. The number of hydrogen-bond donors (Lipinski definition) is 0. The van der Waals surface area contributed by atoms with Crippen LogP contribution in [0.2, 0.25) is 0 Å². The Morgan fingerprint density at radius 3 is 2.00 bits per heavy atom. The Kier molecular flexibility index (Phi) is 4.50. The molecule has 4 rings (SSSR count). The third kappa shape index (κ3) is 3.21. The van der Waals surface area contributed by atoms with Crippen LogP contribution in [0, 0.1) is 6.92 Å². The lowest BCUT2D eigenvalue weighted by molar-refractivity contribution is 0.0692. The molecule has 0 saturated carbocycles. The molecule has 4 heteroatoms. The minimum Gasteiger partial charge on any atom is -0.457 e. The molecule has 0 saturated heterocycles. The summed E-state index contributed by atoms with van der Waals surface area (Å²) in [5.74, 6) is 0.385. The average molecular weight is 385 g/mol. The summed E-state index contributed by atoms with van der Waals surface area (Å²) in [6.07, 6.45) is 0. The van der Waals surface area contributed by atoms with Gasteiger partial charge in [-0.2, -0.15) is 0 Å². The molecule has 4 nitrogen and oxygen atoms in total. The largest absolute Gasteiger partial charge is 0.457 e. The third-order valence-corrected chi connectivity index (χ3v) is 5.66. The summed E-state index contributed by atoms with van der Waals surface area (Å²) in [6, 6.07) is 21.5. The second kappa shape index (κ2) is 6.89. The van der Waals surface area contributed by atoms with Crippen molar-refractivity contribution in [2.45, 2.75) is 26.2 Å². The van der Waals surface area contributed by atoms with Crippen molar-refractivity contribution in [1.29, 1.82) is 0 Å². The fraction of sp³-hybridized carbons (Fsp3) is 0.200. The van der Waals surface area contributed by atoms with Crippen molar-refractivity contribution in [1.82, 2.24) is 4.90 Å². The summed E-state index contributed by atoms with van der Waals surface area (Å²) in [7, 11) is 1.48. The molecule has 3 aromatic carbocycles. The molecular weight excluding hydrogens is 362 g/mol. The Hall–Kier alpha value is -3.40. The van der Waals surface area contributed by atoms with E-state index in [1.54, 1.807) is 18.2 Å². The molecule has 0 aliphatic carbocycles. The zero-order chi connectivity index (χ0) is 20.8. The number of fused-ring (bicyclic) bond motifs is 1. The monoisotopic (exact) mass is 385 g/mol. The minimum absolute atomic E-state index is 0.147. The van der Waals surface area contributed by atoms with E-state index in [1.165, 1.54) is 18.2 Å². The number of benzene rings is 3. The van der Waals surface area contributed by atoms with Crippen LogP contribution in [0.25, 0.3) is 0 Å². The SMILES string of the molecule is Cc1ccc(C(C)(C)c2ccc(Oc3cccc4c3C(=O)N(C)C4=O)cc2)cc1. The zero-order valence-corrected chi connectivity index (χ0v) is 17.0. The molecule has 0 aromatic heterocycles. The van der Waals surface area contributed by atoms with E-state index in [4.69, 9.17) is 4.74 Å². The van der Waals surface area contributed by atoms with Crippen LogP contribution in [0.3, 0.4) is 0 Å². The predicted molar refractivity (Wildman–Crippen MR) is 113 cm³/mol. The van der Waals surface area contributed by atoms with Crippen LogP contribution >= 0.6 is 0 Å². The number of ether oxygens (including phenoxy) is 1. The molecule has 0 fully saturated rings. The highest BCUT2D eigenvalue weighted by molar-refractivity contribution is 6.22. The molecule has 1 heterocycles. The number of aryl methyl sites for hydroxylation is 1. The van der Waals surface area contributed by atoms with Crippen LogP contribution in [-0.2, 0) is 5.41 Å². The number of nitrogens with zero attached hydrogens (tertiary/aromatic N) is 1. The van der Waals surface area contributed by atoms with Gasteiger partial charge in [0.1, 0.15) is 11.5 Å². The molecule has 0 bridgehead atoms. The van der Waals surface area contributed by atoms with Gasteiger partial charge in [0.05, 0.1) is 11.1 Å². The van der Waals surface area contributed by atoms with Crippen molar-refractivity contribution < 1.29 is 14.3 Å². The molecule has 146 valence electrons. The van der Waals surface area contributed by atoms with Gasteiger partial charge < -0.3 is 4.74 Å². The Morgan fingerprint density at radius 2 is 1.38 bits per heavy atom. The van der Waals surface area contributed by atoms with Gasteiger partial charge in [0.15, 0.2) is 0 Å². The van der Waals surface area contributed by atoms with Gasteiger partial charge >= 0.3 is 0 Å². The molecule has 3 aromatic rings. The van der Waals surface area contributed by atoms with Crippen LogP contribution in [0.1, 0.15) is 51.3 Å². The smallest absolute Gasteiger partial charge is 0.265 e. The van der Waals surface area contributed by atoms with Crippen LogP contribution in [0.15, 0.2) is 66.7 Å². The van der Waals surface area contributed by atoms with Crippen LogP contribution in [-0.4, -0.2) is 23.8 Å². The lowest BCUT2D eigenvalue weighted by atomic mass is 9.78. The van der Waals surface area contributed by atoms with E-state index in [1.807, 2.05) is 24.3 Å². The molecule has 0 N–H and O–H groups in total. The number of amides is 2. The van der Waals surface area contributed by atoms with E-state index in [-0.39, 0.29) is 17.2 Å². The Morgan fingerprint density at radius 1 is 0.793 bits per heavy atom. The first kappa shape index (κ1) is 18.9. The molecule has 0 unspecified atom stereocenters. The second-order valence-electron chi connectivity index (χ2n) is 7.97. The Labute approximate surface area is 170 Å². The van der Waals surface area contributed by atoms with E-state index in [2.05, 4.69) is 45.0 Å². The van der Waals surface area contributed by atoms with E-state index in [0.717, 1.165) is 10.5 Å². The van der Waals surface area contributed by atoms with E-state index >= 15 is 0 Å². The number of carbonyl (C=O) groups is 2. The first-order valence-electron chi connectivity index (χ1n) is 9.60. The number of imide groups is 1. The van der Waals surface area contributed by atoms with Gasteiger partial charge in [-0.1, -0.05) is 61.9 Å². The van der Waals surface area contributed by atoms with Crippen LogP contribution in [0.4, 0.5) is 0 Å². The molecular formula is C25H23NO3. The summed E-state index contributed by atoms with van der Waals surface area (Å²) in [4.78, 5) is 25.7. The van der Waals surface area contributed by atoms with E-state index in [9.17, 15) is 9.59 Å². The second-order valence-corrected chi connectivity index (χ2v) is 7.97. The lowest BCUT2D eigenvalue weighted by Crippen LogP contribution is -2.24. The minimum atomic E-state index is -0.335. The maximum absolute atomic E-state index is 12.4. The van der Waals surface area contributed by atoms with E-state index < -0.39 is 0 Å². The average Bonchev–Trinajstić information content (AvgIpc) is 2.94. The fourth-order valence-electron chi connectivity index (χ4n) is 3.66. The van der Waals surface area contributed by atoms with Gasteiger partial charge in [-0.25, -0.2) is 0 Å². The van der Waals surface area contributed by atoms with Gasteiger partial charge in [0.25, 0.3) is 11.8 Å². The molecule has 29 heavy (non-hydrogen) atoms. The van der Waals surface area contributed by atoms with Crippen molar-refractivity contribution in [3.05, 3.63) is 94.5 Å². The number of hydrogen-bond acceptors (Lipinski definition) is 3. The first-order valence-corrected chi connectivity index (χ1v) is 9.60.